The van der Waals surface area contributed by atoms with Crippen molar-refractivity contribution >= 4 is 33.4 Å². The average Bonchev–Trinajstić information content (AvgIpc) is 3.31. The van der Waals surface area contributed by atoms with Gasteiger partial charge in [-0.15, -0.1) is 0 Å². The molecule has 0 aliphatic heterocycles. The lowest BCUT2D eigenvalue weighted by Crippen LogP contribution is -1.97. The summed E-state index contributed by atoms with van der Waals surface area (Å²) in [7, 11) is 0. The minimum atomic E-state index is 0.596. The molecule has 0 unspecified atom stereocenters. The first-order chi connectivity index (χ1) is 30.0. The van der Waals surface area contributed by atoms with Crippen LogP contribution in [-0.2, 0) is 0 Å². The van der Waals surface area contributed by atoms with Crippen molar-refractivity contribution < 1.29 is 14.2 Å². The number of fused-ring (bicyclic) bond motifs is 2. The van der Waals surface area contributed by atoms with E-state index in [4.69, 9.17) is 45.6 Å². The number of hydrogen-bond donors (Lipinski definition) is 2. The van der Waals surface area contributed by atoms with E-state index in [1.54, 1.807) is 12.1 Å². The quantitative estimate of drug-likeness (QED) is 0.130. The van der Waals surface area contributed by atoms with Gasteiger partial charge in [-0.25, -0.2) is 19.9 Å². The van der Waals surface area contributed by atoms with Gasteiger partial charge in [-0.3, -0.25) is 0 Å². The molecule has 61 heavy (non-hydrogen) atoms. The number of anilines is 2. The highest BCUT2D eigenvalue weighted by Gasteiger charge is 2.18. The maximum atomic E-state index is 6.37. The number of benzene rings is 8. The van der Waals surface area contributed by atoms with Crippen LogP contribution in [0.15, 0.2) is 194 Å². The predicted octanol–water partition coefficient (Wildman–Crippen LogP) is 12.8. The molecule has 9 heteroatoms. The van der Waals surface area contributed by atoms with E-state index in [1.165, 1.54) is 0 Å². The van der Waals surface area contributed by atoms with Gasteiger partial charge in [0, 0.05) is 39.7 Å². The Morgan fingerprint density at radius 2 is 0.705 bits per heavy atom. The zero-order valence-electron chi connectivity index (χ0n) is 32.6. The summed E-state index contributed by atoms with van der Waals surface area (Å²) in [6.45, 7) is 0. The fourth-order valence-corrected chi connectivity index (χ4v) is 7.06. The molecule has 0 saturated heterocycles. The van der Waals surface area contributed by atoms with Gasteiger partial charge in [0.25, 0.3) is 0 Å². The van der Waals surface area contributed by atoms with Gasteiger partial charge in [-0.05, 0) is 121 Å². The fourth-order valence-electron chi connectivity index (χ4n) is 7.06. The van der Waals surface area contributed by atoms with Crippen LogP contribution in [0.25, 0.3) is 67.1 Å². The predicted molar refractivity (Wildman–Crippen MR) is 243 cm³/mol. The summed E-state index contributed by atoms with van der Waals surface area (Å²) in [6, 6.07) is 62.0. The van der Waals surface area contributed by atoms with E-state index in [0.29, 0.717) is 51.4 Å². The van der Waals surface area contributed by atoms with Gasteiger partial charge in [0.05, 0.1) is 39.3 Å². The molecule has 0 amide bonds. The minimum Gasteiger partial charge on any atom is -0.457 e. The highest BCUT2D eigenvalue weighted by Crippen LogP contribution is 2.38. The summed E-state index contributed by atoms with van der Waals surface area (Å²) < 4.78 is 18.8. The van der Waals surface area contributed by atoms with Crippen molar-refractivity contribution in [2.75, 3.05) is 11.5 Å². The molecule has 8 aromatic carbocycles. The molecule has 10 rings (SSSR count). The summed E-state index contributed by atoms with van der Waals surface area (Å²) in [5.74, 6) is 3.95. The SMILES string of the molecule is Nc1ccc(Oc2ccc3nc(-c4ccc(Oc5ccc(-c6nc7c(Oc8ccc(N)cc8)cccc7nc6-c6ccccc6)cc5)cc4)c(-c4ccccc4)nc3c2)cc1. The Balaban J connectivity index is 0.938. The number of para-hydroxylation sites is 1. The normalized spacial score (nSPS) is 11.1. The molecule has 0 radical (unpaired) electrons. The Labute approximate surface area is 351 Å². The Bertz CT molecular complexity index is 3150. The fraction of sp³-hybridized carbons (Fsp3) is 0. The third-order valence-corrected chi connectivity index (χ3v) is 10.1. The number of aromatic nitrogens is 4. The highest BCUT2D eigenvalue weighted by molar-refractivity contribution is 5.90. The molecule has 9 nitrogen and oxygen atoms in total. The Hall–Kier alpha value is -8.56. The molecule has 292 valence electrons. The zero-order chi connectivity index (χ0) is 41.1. The number of hydrogen-bond acceptors (Lipinski definition) is 9. The maximum absolute atomic E-state index is 6.37. The van der Waals surface area contributed by atoms with Gasteiger partial charge in [-0.2, -0.15) is 0 Å². The summed E-state index contributed by atoms with van der Waals surface area (Å²) in [5.41, 5.74) is 22.6. The van der Waals surface area contributed by atoms with Gasteiger partial charge in [0.15, 0.2) is 5.75 Å². The Morgan fingerprint density at radius 1 is 0.295 bits per heavy atom. The number of rotatable bonds is 10. The second-order valence-corrected chi connectivity index (χ2v) is 14.3. The molecule has 4 N–H and O–H groups in total. The minimum absolute atomic E-state index is 0.596. The molecule has 0 atom stereocenters. The van der Waals surface area contributed by atoms with Crippen molar-refractivity contribution in [2.45, 2.75) is 0 Å². The summed E-state index contributed by atoms with van der Waals surface area (Å²) in [6.07, 6.45) is 0. The van der Waals surface area contributed by atoms with Crippen molar-refractivity contribution in [3.05, 3.63) is 194 Å². The van der Waals surface area contributed by atoms with Gasteiger partial charge in [0.2, 0.25) is 0 Å². The average molecular weight is 793 g/mol. The van der Waals surface area contributed by atoms with Gasteiger partial charge < -0.3 is 25.7 Å². The third-order valence-electron chi connectivity index (χ3n) is 10.1. The molecule has 0 aliphatic rings. The van der Waals surface area contributed by atoms with Gasteiger partial charge >= 0.3 is 0 Å². The Kier molecular flexibility index (Phi) is 9.64. The summed E-state index contributed by atoms with van der Waals surface area (Å²) >= 11 is 0. The van der Waals surface area contributed by atoms with Crippen molar-refractivity contribution in [1.29, 1.82) is 0 Å². The van der Waals surface area contributed by atoms with Crippen LogP contribution in [0.1, 0.15) is 0 Å². The van der Waals surface area contributed by atoms with E-state index in [9.17, 15) is 0 Å². The third kappa shape index (κ3) is 7.86. The first-order valence-electron chi connectivity index (χ1n) is 19.7. The summed E-state index contributed by atoms with van der Waals surface area (Å²) in [5, 5.41) is 0. The van der Waals surface area contributed by atoms with Crippen LogP contribution in [0.2, 0.25) is 0 Å². The molecule has 2 heterocycles. The highest BCUT2D eigenvalue weighted by atomic mass is 16.5. The standard InChI is InChI=1S/C52H36N6O3/c53-37-18-26-41(27-19-37)60-43-30-31-44-46(32-43)57-48(33-8-3-1-4-9-33)50(55-44)35-14-22-39(23-15-35)59-40-24-16-36(17-25-40)51-49(34-10-5-2-6-11-34)56-45-12-7-13-47(52(45)58-51)61-42-28-20-38(54)21-29-42/h1-32H,53-54H2. The number of nitrogens with two attached hydrogens (primary N) is 2. The second kappa shape index (κ2) is 16.0. The van der Waals surface area contributed by atoms with E-state index in [0.717, 1.165) is 61.6 Å². The van der Waals surface area contributed by atoms with Gasteiger partial charge in [-0.1, -0.05) is 66.7 Å². The van der Waals surface area contributed by atoms with Crippen molar-refractivity contribution in [1.82, 2.24) is 19.9 Å². The van der Waals surface area contributed by atoms with E-state index >= 15 is 0 Å². The molecule has 0 bridgehead atoms. The van der Waals surface area contributed by atoms with Crippen LogP contribution in [0.5, 0.6) is 34.5 Å². The first kappa shape index (κ1) is 36.8. The molecule has 0 fully saturated rings. The zero-order valence-corrected chi connectivity index (χ0v) is 32.6. The lowest BCUT2D eigenvalue weighted by molar-refractivity contribution is 0.482. The molecule has 0 saturated carbocycles. The molecule has 2 aromatic heterocycles. The van der Waals surface area contributed by atoms with Crippen LogP contribution in [0.3, 0.4) is 0 Å². The van der Waals surface area contributed by atoms with E-state index in [1.807, 2.05) is 182 Å². The Morgan fingerprint density at radius 3 is 1.25 bits per heavy atom. The van der Waals surface area contributed by atoms with Crippen LogP contribution in [0, 0.1) is 0 Å². The lowest BCUT2D eigenvalue weighted by Gasteiger charge is -2.14. The summed E-state index contributed by atoms with van der Waals surface area (Å²) in [4.78, 5) is 20.5. The van der Waals surface area contributed by atoms with Crippen molar-refractivity contribution in [2.24, 2.45) is 0 Å². The van der Waals surface area contributed by atoms with Gasteiger partial charge in [0.1, 0.15) is 34.3 Å². The maximum Gasteiger partial charge on any atom is 0.155 e. The number of ether oxygens (including phenoxy) is 3. The molecular weight excluding hydrogens is 757 g/mol. The second-order valence-electron chi connectivity index (χ2n) is 14.3. The molecule has 10 aromatic rings. The molecule has 0 spiro atoms. The van der Waals surface area contributed by atoms with Crippen LogP contribution < -0.4 is 25.7 Å². The lowest BCUT2D eigenvalue weighted by atomic mass is 10.0. The van der Waals surface area contributed by atoms with E-state index in [-0.39, 0.29) is 0 Å². The van der Waals surface area contributed by atoms with E-state index < -0.39 is 0 Å². The topological polar surface area (TPSA) is 131 Å². The smallest absolute Gasteiger partial charge is 0.155 e. The van der Waals surface area contributed by atoms with Crippen molar-refractivity contribution in [3.8, 4) is 79.5 Å². The molecule has 0 aliphatic carbocycles. The van der Waals surface area contributed by atoms with Crippen LogP contribution >= 0.6 is 0 Å². The first-order valence-corrected chi connectivity index (χ1v) is 19.7. The monoisotopic (exact) mass is 792 g/mol. The molecular formula is C52H36N6O3. The number of nitrogens with zero attached hydrogens (tertiary/aromatic N) is 4. The van der Waals surface area contributed by atoms with Crippen LogP contribution in [0.4, 0.5) is 11.4 Å². The van der Waals surface area contributed by atoms with E-state index in [2.05, 4.69) is 0 Å². The van der Waals surface area contributed by atoms with Crippen LogP contribution in [-0.4, -0.2) is 19.9 Å². The van der Waals surface area contributed by atoms with Crippen molar-refractivity contribution in [3.63, 3.8) is 0 Å². The largest absolute Gasteiger partial charge is 0.457 e. The number of nitrogen functional groups attached to an aromatic ring is 2.